The second kappa shape index (κ2) is 7.34. The molecule has 0 aliphatic carbocycles. The van der Waals surface area contributed by atoms with E-state index in [0.29, 0.717) is 18.6 Å². The average molecular weight is 238 g/mol. The fourth-order valence-corrected chi connectivity index (χ4v) is 1.85. The van der Waals surface area contributed by atoms with Crippen LogP contribution in [0, 0.1) is 0 Å². The summed E-state index contributed by atoms with van der Waals surface area (Å²) in [4.78, 5) is 11.5. The monoisotopic (exact) mass is 238 g/mol. The largest absolute Gasteiger partial charge is 0.497 e. The minimum Gasteiger partial charge on any atom is -0.497 e. The Morgan fingerprint density at radius 3 is 2.50 bits per heavy atom. The smallest absolute Gasteiger partial charge is 0.134 e. The third-order valence-corrected chi connectivity index (χ3v) is 3.05. The van der Waals surface area contributed by atoms with Crippen LogP contribution >= 0.6 is 11.8 Å². The number of benzene rings is 1. The van der Waals surface area contributed by atoms with E-state index in [4.69, 9.17) is 4.74 Å². The van der Waals surface area contributed by atoms with Crippen molar-refractivity contribution in [3.05, 3.63) is 29.8 Å². The maximum Gasteiger partial charge on any atom is 0.134 e. The molecular formula is C13H18O2S. The molecule has 0 aromatic heterocycles. The molecule has 0 N–H and O–H groups in total. The number of carbonyl (C=O) groups excluding carboxylic acids is 1. The summed E-state index contributed by atoms with van der Waals surface area (Å²) in [7, 11) is 1.65. The van der Waals surface area contributed by atoms with Gasteiger partial charge in [-0.3, -0.25) is 4.79 Å². The molecular weight excluding hydrogens is 220 g/mol. The lowest BCUT2D eigenvalue weighted by atomic mass is 10.1. The molecule has 2 nitrogen and oxygen atoms in total. The summed E-state index contributed by atoms with van der Waals surface area (Å²) in [5.41, 5.74) is 1.19. The van der Waals surface area contributed by atoms with Crippen LogP contribution in [0.4, 0.5) is 0 Å². The predicted molar refractivity (Wildman–Crippen MR) is 69.3 cm³/mol. The van der Waals surface area contributed by atoms with E-state index < -0.39 is 0 Å². The predicted octanol–water partition coefficient (Wildman–Crippen LogP) is 2.95. The Morgan fingerprint density at radius 2 is 1.94 bits per heavy atom. The fourth-order valence-electron chi connectivity index (χ4n) is 1.42. The summed E-state index contributed by atoms with van der Waals surface area (Å²) in [6.07, 6.45) is 4.19. The van der Waals surface area contributed by atoms with Gasteiger partial charge in [-0.15, -0.1) is 0 Å². The van der Waals surface area contributed by atoms with Gasteiger partial charge in [0.05, 0.1) is 7.11 Å². The second-order valence-corrected chi connectivity index (χ2v) is 4.62. The molecule has 0 spiro atoms. The van der Waals surface area contributed by atoms with Gasteiger partial charge in [0, 0.05) is 12.8 Å². The van der Waals surface area contributed by atoms with Crippen molar-refractivity contribution in [3.8, 4) is 5.75 Å². The Kier molecular flexibility index (Phi) is 6.01. The topological polar surface area (TPSA) is 26.3 Å². The fraction of sp³-hybridized carbons (Fsp3) is 0.462. The normalized spacial score (nSPS) is 10.1. The first-order valence-corrected chi connectivity index (χ1v) is 6.79. The minimum absolute atomic E-state index is 0.352. The summed E-state index contributed by atoms with van der Waals surface area (Å²) in [6, 6.07) is 7.89. The second-order valence-electron chi connectivity index (χ2n) is 3.63. The van der Waals surface area contributed by atoms with Crippen molar-refractivity contribution in [3.63, 3.8) is 0 Å². The first-order chi connectivity index (χ1) is 7.76. The average Bonchev–Trinajstić information content (AvgIpc) is 2.34. The zero-order chi connectivity index (χ0) is 11.8. The molecule has 0 atom stereocenters. The summed E-state index contributed by atoms with van der Waals surface area (Å²) in [5, 5.41) is 0. The van der Waals surface area contributed by atoms with Gasteiger partial charge in [0.25, 0.3) is 0 Å². The number of aryl methyl sites for hydroxylation is 1. The van der Waals surface area contributed by atoms with E-state index in [1.54, 1.807) is 18.9 Å². The van der Waals surface area contributed by atoms with Gasteiger partial charge in [-0.05, 0) is 36.1 Å². The molecule has 0 amide bonds. The van der Waals surface area contributed by atoms with E-state index >= 15 is 0 Å². The molecule has 3 heteroatoms. The van der Waals surface area contributed by atoms with Gasteiger partial charge >= 0.3 is 0 Å². The van der Waals surface area contributed by atoms with Crippen LogP contribution in [0.1, 0.15) is 18.4 Å². The Labute approximate surface area is 101 Å². The van der Waals surface area contributed by atoms with Crippen molar-refractivity contribution in [2.75, 3.05) is 19.1 Å². The lowest BCUT2D eigenvalue weighted by molar-refractivity contribution is -0.118. The van der Waals surface area contributed by atoms with Gasteiger partial charge in [0.2, 0.25) is 0 Å². The molecule has 0 fully saturated rings. The number of ketones is 1. The van der Waals surface area contributed by atoms with Crippen LogP contribution in [0.25, 0.3) is 0 Å². The Hall–Kier alpha value is -0.960. The van der Waals surface area contributed by atoms with Crippen LogP contribution in [0.5, 0.6) is 5.75 Å². The molecule has 1 aromatic rings. The molecule has 0 saturated heterocycles. The number of hydrogen-bond acceptors (Lipinski definition) is 3. The van der Waals surface area contributed by atoms with Crippen molar-refractivity contribution in [1.82, 2.24) is 0 Å². The van der Waals surface area contributed by atoms with Crippen LogP contribution in [-0.4, -0.2) is 24.9 Å². The van der Waals surface area contributed by atoms with Gasteiger partial charge < -0.3 is 4.74 Å². The molecule has 0 radical (unpaired) electrons. The van der Waals surface area contributed by atoms with Crippen LogP contribution in [0.2, 0.25) is 0 Å². The number of hydrogen-bond donors (Lipinski definition) is 0. The number of carbonyl (C=O) groups is 1. The molecule has 0 unspecified atom stereocenters. The molecule has 88 valence electrons. The summed E-state index contributed by atoms with van der Waals surface area (Å²) >= 11 is 1.72. The number of thioether (sulfide) groups is 1. The highest BCUT2D eigenvalue weighted by atomic mass is 32.2. The van der Waals surface area contributed by atoms with Crippen LogP contribution in [-0.2, 0) is 11.2 Å². The van der Waals surface area contributed by atoms with E-state index in [2.05, 4.69) is 0 Å². The minimum atomic E-state index is 0.352. The zero-order valence-corrected chi connectivity index (χ0v) is 10.7. The molecule has 0 heterocycles. The zero-order valence-electron chi connectivity index (χ0n) is 9.86. The Balaban J connectivity index is 2.33. The summed E-state index contributed by atoms with van der Waals surface area (Å²) < 4.78 is 5.08. The molecule has 0 aliphatic rings. The number of Topliss-reactive ketones (excluding diaryl/α,β-unsaturated/α-hetero) is 1. The maximum atomic E-state index is 11.5. The quantitative estimate of drug-likeness (QED) is 0.730. The highest BCUT2D eigenvalue weighted by Gasteiger charge is 2.02. The first-order valence-electron chi connectivity index (χ1n) is 5.40. The van der Waals surface area contributed by atoms with Crippen LogP contribution in [0.15, 0.2) is 24.3 Å². The summed E-state index contributed by atoms with van der Waals surface area (Å²) in [6.45, 7) is 0. The number of rotatable bonds is 7. The molecule has 1 aromatic carbocycles. The Bertz CT molecular complexity index is 319. The Morgan fingerprint density at radius 1 is 1.25 bits per heavy atom. The molecule has 0 saturated carbocycles. The third-order valence-electron chi connectivity index (χ3n) is 2.44. The van der Waals surface area contributed by atoms with E-state index in [9.17, 15) is 4.79 Å². The van der Waals surface area contributed by atoms with Crippen molar-refractivity contribution < 1.29 is 9.53 Å². The highest BCUT2D eigenvalue weighted by molar-refractivity contribution is 7.98. The lowest BCUT2D eigenvalue weighted by Crippen LogP contribution is -2.01. The molecule has 0 aliphatic heterocycles. The standard InChI is InChI=1S/C13H18O2S/c1-15-13-7-4-11(5-8-13)3-6-12(14)9-10-16-2/h4-5,7-8H,3,6,9-10H2,1-2H3. The highest BCUT2D eigenvalue weighted by Crippen LogP contribution is 2.13. The van der Waals surface area contributed by atoms with Crippen molar-refractivity contribution in [2.45, 2.75) is 19.3 Å². The summed E-state index contributed by atoms with van der Waals surface area (Å²) in [5.74, 6) is 2.14. The third kappa shape index (κ3) is 4.71. The lowest BCUT2D eigenvalue weighted by Gasteiger charge is -2.03. The number of methoxy groups -OCH3 is 1. The molecule has 0 bridgehead atoms. The van der Waals surface area contributed by atoms with Gasteiger partial charge in [-0.25, -0.2) is 0 Å². The van der Waals surface area contributed by atoms with Gasteiger partial charge in [0.1, 0.15) is 11.5 Å². The van der Waals surface area contributed by atoms with E-state index in [-0.39, 0.29) is 0 Å². The first kappa shape index (κ1) is 13.1. The van der Waals surface area contributed by atoms with Gasteiger partial charge in [0.15, 0.2) is 0 Å². The van der Waals surface area contributed by atoms with Gasteiger partial charge in [-0.1, -0.05) is 12.1 Å². The SMILES string of the molecule is COc1ccc(CCC(=O)CCSC)cc1. The molecule has 1 rings (SSSR count). The van der Waals surface area contributed by atoms with Gasteiger partial charge in [-0.2, -0.15) is 11.8 Å². The van der Waals surface area contributed by atoms with Crippen LogP contribution in [0.3, 0.4) is 0 Å². The van der Waals surface area contributed by atoms with Crippen molar-refractivity contribution in [2.24, 2.45) is 0 Å². The maximum absolute atomic E-state index is 11.5. The van der Waals surface area contributed by atoms with E-state index in [0.717, 1.165) is 17.9 Å². The van der Waals surface area contributed by atoms with Crippen molar-refractivity contribution in [1.29, 1.82) is 0 Å². The van der Waals surface area contributed by atoms with Crippen molar-refractivity contribution >= 4 is 17.5 Å². The molecule has 16 heavy (non-hydrogen) atoms. The van der Waals surface area contributed by atoms with E-state index in [1.807, 2.05) is 30.5 Å². The number of ether oxygens (including phenoxy) is 1. The van der Waals surface area contributed by atoms with Crippen LogP contribution < -0.4 is 4.74 Å². The van der Waals surface area contributed by atoms with E-state index in [1.165, 1.54) is 5.56 Å².